The van der Waals surface area contributed by atoms with E-state index in [0.29, 0.717) is 32.1 Å². The van der Waals surface area contributed by atoms with E-state index in [1.54, 1.807) is 0 Å². The maximum absolute atomic E-state index is 14.5. The summed E-state index contributed by atoms with van der Waals surface area (Å²) in [5.41, 5.74) is 0.921. The molecule has 2 rings (SSSR count). The second-order valence-corrected chi connectivity index (χ2v) is 7.71. The first-order valence-electron chi connectivity index (χ1n) is 10.2. The minimum Gasteiger partial charge on any atom is -0.386 e. The molecule has 0 fully saturated rings. The largest absolute Gasteiger partial charge is 0.386 e. The normalized spacial score (nSPS) is 13.0. The minimum atomic E-state index is -2.87. The Kier molecular flexibility index (Phi) is 8.37. The molecule has 0 unspecified atom stereocenters. The van der Waals surface area contributed by atoms with Crippen LogP contribution >= 0.6 is 0 Å². The molecule has 0 radical (unpaired) electrons. The Bertz CT molecular complexity index is 679. The number of halogens is 2. The van der Waals surface area contributed by atoms with E-state index in [1.807, 2.05) is 67.6 Å². The molecule has 28 heavy (non-hydrogen) atoms. The molecule has 2 aromatic rings. The second-order valence-electron chi connectivity index (χ2n) is 7.71. The van der Waals surface area contributed by atoms with Gasteiger partial charge in [0, 0.05) is 6.42 Å². The predicted octanol–water partition coefficient (Wildman–Crippen LogP) is 6.75. The molecule has 0 saturated heterocycles. The first-order valence-corrected chi connectivity index (χ1v) is 10.2. The van der Waals surface area contributed by atoms with Gasteiger partial charge in [-0.05, 0) is 61.8 Å². The number of hydrogen-bond acceptors (Lipinski definition) is 1. The first kappa shape index (κ1) is 22.3. The Labute approximate surface area is 168 Å². The highest BCUT2D eigenvalue weighted by Crippen LogP contribution is 2.33. The van der Waals surface area contributed by atoms with Crippen molar-refractivity contribution in [1.29, 1.82) is 0 Å². The zero-order chi connectivity index (χ0) is 20.5. The third-order valence-corrected chi connectivity index (χ3v) is 5.29. The van der Waals surface area contributed by atoms with Crippen molar-refractivity contribution in [3.63, 3.8) is 0 Å². The van der Waals surface area contributed by atoms with Crippen LogP contribution < -0.4 is 0 Å². The number of rotatable bonds is 11. The minimum absolute atomic E-state index is 0.0235. The predicted molar refractivity (Wildman–Crippen MR) is 113 cm³/mol. The van der Waals surface area contributed by atoms with Crippen molar-refractivity contribution < 1.29 is 13.9 Å². The van der Waals surface area contributed by atoms with Gasteiger partial charge in [0.1, 0.15) is 0 Å². The van der Waals surface area contributed by atoms with Crippen LogP contribution in [0.5, 0.6) is 0 Å². The van der Waals surface area contributed by atoms with Crippen LogP contribution in [0.4, 0.5) is 8.78 Å². The third kappa shape index (κ3) is 7.20. The Hall–Kier alpha value is -2.00. The highest BCUT2D eigenvalue weighted by molar-refractivity contribution is 5.21. The van der Waals surface area contributed by atoms with Gasteiger partial charge in [-0.3, -0.25) is 0 Å². The summed E-state index contributed by atoms with van der Waals surface area (Å²) >= 11 is 0. The summed E-state index contributed by atoms with van der Waals surface area (Å²) in [5, 5.41) is 11.3. The summed E-state index contributed by atoms with van der Waals surface area (Å²) in [4.78, 5) is 0. The van der Waals surface area contributed by atoms with Crippen molar-refractivity contribution in [2.45, 2.75) is 70.3 Å². The summed E-state index contributed by atoms with van der Waals surface area (Å²) in [6, 6.07) is 19.7. The van der Waals surface area contributed by atoms with Crippen molar-refractivity contribution in [1.82, 2.24) is 0 Å². The molecule has 0 saturated carbocycles. The number of alkyl halides is 2. The molecule has 0 bridgehead atoms. The van der Waals surface area contributed by atoms with E-state index in [1.165, 1.54) is 13.0 Å². The van der Waals surface area contributed by atoms with Crippen LogP contribution in [0.1, 0.15) is 57.1 Å². The molecule has 0 aliphatic rings. The molecule has 1 N–H and O–H groups in total. The summed E-state index contributed by atoms with van der Waals surface area (Å²) in [6.45, 7) is 3.36. The van der Waals surface area contributed by atoms with Gasteiger partial charge in [-0.1, -0.05) is 74.0 Å². The molecule has 152 valence electrons. The molecule has 2 aromatic carbocycles. The number of unbranched alkanes of at least 4 members (excludes halogenated alkanes) is 1. The van der Waals surface area contributed by atoms with Crippen LogP contribution in [0, 0.1) is 0 Å². The number of aryl methyl sites for hydroxylation is 2. The van der Waals surface area contributed by atoms with E-state index < -0.39 is 11.5 Å². The topological polar surface area (TPSA) is 20.2 Å². The lowest BCUT2D eigenvalue weighted by atomic mass is 9.86. The molecular weight excluding hydrogens is 354 g/mol. The SMILES string of the molecule is CCCCC(F)(F)/C(C)=C/C(O)(CCc1ccccc1)CCc1ccccc1. The van der Waals surface area contributed by atoms with Crippen molar-refractivity contribution in [2.24, 2.45) is 0 Å². The molecule has 0 atom stereocenters. The van der Waals surface area contributed by atoms with Gasteiger partial charge in [0.25, 0.3) is 5.92 Å². The number of aliphatic hydroxyl groups is 1. The molecule has 0 heterocycles. The number of benzene rings is 2. The van der Waals surface area contributed by atoms with Gasteiger partial charge in [-0.2, -0.15) is 0 Å². The lowest BCUT2D eigenvalue weighted by Gasteiger charge is -2.28. The number of hydrogen-bond donors (Lipinski definition) is 1. The fourth-order valence-corrected chi connectivity index (χ4v) is 3.38. The fourth-order valence-electron chi connectivity index (χ4n) is 3.38. The molecule has 0 spiro atoms. The van der Waals surface area contributed by atoms with Crippen LogP contribution in [0.2, 0.25) is 0 Å². The summed E-state index contributed by atoms with van der Waals surface area (Å²) in [7, 11) is 0. The molecule has 0 aromatic heterocycles. The molecular formula is C25H32F2O. The smallest absolute Gasteiger partial charge is 0.269 e. The molecule has 0 aliphatic heterocycles. The average molecular weight is 387 g/mol. The van der Waals surface area contributed by atoms with Crippen LogP contribution in [0.25, 0.3) is 0 Å². The standard InChI is InChI=1S/C25H32F2O/c1-3-4-17-25(26,27)21(2)20-24(28,18-15-22-11-7-5-8-12-22)19-16-23-13-9-6-10-14-23/h5-14,20,28H,3-4,15-19H2,1-2H3/b21-20+. The highest BCUT2D eigenvalue weighted by atomic mass is 19.3. The van der Waals surface area contributed by atoms with Crippen LogP contribution in [0.15, 0.2) is 72.3 Å². The van der Waals surface area contributed by atoms with E-state index in [2.05, 4.69) is 0 Å². The van der Waals surface area contributed by atoms with Gasteiger partial charge in [0.05, 0.1) is 5.60 Å². The fraction of sp³-hybridized carbons (Fsp3) is 0.440. The molecule has 0 aliphatic carbocycles. The zero-order valence-electron chi connectivity index (χ0n) is 17.0. The van der Waals surface area contributed by atoms with E-state index in [-0.39, 0.29) is 12.0 Å². The summed E-state index contributed by atoms with van der Waals surface area (Å²) in [5.74, 6) is -2.87. The molecule has 1 nitrogen and oxygen atoms in total. The molecule has 3 heteroatoms. The van der Waals surface area contributed by atoms with Crippen LogP contribution in [-0.4, -0.2) is 16.6 Å². The Balaban J connectivity index is 2.17. The average Bonchev–Trinajstić information content (AvgIpc) is 2.71. The quantitative estimate of drug-likeness (QED) is 0.423. The highest BCUT2D eigenvalue weighted by Gasteiger charge is 2.34. The zero-order valence-corrected chi connectivity index (χ0v) is 17.0. The summed E-state index contributed by atoms with van der Waals surface area (Å²) < 4.78 is 29.0. The summed E-state index contributed by atoms with van der Waals surface area (Å²) in [6.07, 6.45) is 4.61. The maximum Gasteiger partial charge on any atom is 0.269 e. The van der Waals surface area contributed by atoms with Gasteiger partial charge in [0.2, 0.25) is 0 Å². The van der Waals surface area contributed by atoms with E-state index in [0.717, 1.165) is 17.5 Å². The lowest BCUT2D eigenvalue weighted by Crippen LogP contribution is -2.30. The first-order chi connectivity index (χ1) is 13.3. The third-order valence-electron chi connectivity index (χ3n) is 5.29. The van der Waals surface area contributed by atoms with Gasteiger partial charge < -0.3 is 5.11 Å². The van der Waals surface area contributed by atoms with E-state index in [4.69, 9.17) is 0 Å². The molecule has 0 amide bonds. The van der Waals surface area contributed by atoms with Crippen LogP contribution in [0.3, 0.4) is 0 Å². The van der Waals surface area contributed by atoms with Gasteiger partial charge in [-0.15, -0.1) is 0 Å². The van der Waals surface area contributed by atoms with Crippen molar-refractivity contribution in [3.8, 4) is 0 Å². The maximum atomic E-state index is 14.5. The Morgan fingerprint density at radius 1 is 0.857 bits per heavy atom. The van der Waals surface area contributed by atoms with E-state index >= 15 is 0 Å². The van der Waals surface area contributed by atoms with Crippen LogP contribution in [-0.2, 0) is 12.8 Å². The van der Waals surface area contributed by atoms with E-state index in [9.17, 15) is 13.9 Å². The second kappa shape index (κ2) is 10.5. The monoisotopic (exact) mass is 386 g/mol. The Morgan fingerprint density at radius 3 is 1.75 bits per heavy atom. The van der Waals surface area contributed by atoms with Crippen molar-refractivity contribution in [2.75, 3.05) is 0 Å². The van der Waals surface area contributed by atoms with Crippen molar-refractivity contribution in [3.05, 3.63) is 83.4 Å². The van der Waals surface area contributed by atoms with Crippen molar-refractivity contribution >= 4 is 0 Å². The van der Waals surface area contributed by atoms with Gasteiger partial charge in [0.15, 0.2) is 0 Å². The van der Waals surface area contributed by atoms with Gasteiger partial charge >= 0.3 is 0 Å². The lowest BCUT2D eigenvalue weighted by molar-refractivity contribution is 0.0217. The number of allylic oxidation sites excluding steroid dienone is 1. The Morgan fingerprint density at radius 2 is 1.32 bits per heavy atom. The van der Waals surface area contributed by atoms with Gasteiger partial charge in [-0.25, -0.2) is 8.78 Å².